The van der Waals surface area contributed by atoms with Crippen molar-refractivity contribution in [1.82, 2.24) is 20.0 Å². The third-order valence-electron chi connectivity index (χ3n) is 6.08. The lowest BCUT2D eigenvalue weighted by Gasteiger charge is -2.40. The molecule has 5 heteroatoms. The number of nitrogens with one attached hydrogen (secondary N) is 1. The van der Waals surface area contributed by atoms with Crippen LogP contribution in [-0.4, -0.2) is 80.6 Å². The Morgan fingerprint density at radius 2 is 1.85 bits per heavy atom. The second kappa shape index (κ2) is 10.1. The Balaban J connectivity index is 1.47. The van der Waals surface area contributed by atoms with Gasteiger partial charge < -0.3 is 15.1 Å². The van der Waals surface area contributed by atoms with Crippen LogP contribution < -0.4 is 5.32 Å². The molecule has 0 bridgehead atoms. The van der Waals surface area contributed by atoms with Gasteiger partial charge in [0.05, 0.1) is 0 Å². The van der Waals surface area contributed by atoms with Crippen molar-refractivity contribution >= 4 is 5.96 Å². The number of piperazine rings is 1. The summed E-state index contributed by atoms with van der Waals surface area (Å²) in [6.45, 7) is 10.2. The summed E-state index contributed by atoms with van der Waals surface area (Å²) in [6, 6.07) is 11.5. The van der Waals surface area contributed by atoms with Crippen molar-refractivity contribution in [2.75, 3.05) is 59.9 Å². The smallest absolute Gasteiger partial charge is 0.193 e. The maximum absolute atomic E-state index is 4.50. The Hall–Kier alpha value is -1.59. The van der Waals surface area contributed by atoms with Gasteiger partial charge in [-0.1, -0.05) is 37.3 Å². The zero-order chi connectivity index (χ0) is 19.1. The largest absolute Gasteiger partial charge is 0.356 e. The minimum atomic E-state index is 0.507. The summed E-state index contributed by atoms with van der Waals surface area (Å²) in [5.74, 6) is 1.94. The van der Waals surface area contributed by atoms with Crippen LogP contribution in [0.3, 0.4) is 0 Å². The Bertz CT molecular complexity index is 580. The molecule has 27 heavy (non-hydrogen) atoms. The van der Waals surface area contributed by atoms with E-state index in [-0.39, 0.29) is 0 Å². The van der Waals surface area contributed by atoms with E-state index in [1.165, 1.54) is 18.4 Å². The monoisotopic (exact) mass is 371 g/mol. The van der Waals surface area contributed by atoms with Crippen LogP contribution in [-0.2, 0) is 0 Å². The van der Waals surface area contributed by atoms with Crippen molar-refractivity contribution in [3.63, 3.8) is 0 Å². The van der Waals surface area contributed by atoms with E-state index in [1.54, 1.807) is 0 Å². The zero-order valence-electron chi connectivity index (χ0n) is 17.4. The summed E-state index contributed by atoms with van der Waals surface area (Å²) in [6.07, 6.45) is 3.71. The highest BCUT2D eigenvalue weighted by molar-refractivity contribution is 5.79. The normalized spacial score (nSPS) is 23.6. The van der Waals surface area contributed by atoms with Gasteiger partial charge in [0, 0.05) is 58.9 Å². The molecule has 2 aliphatic heterocycles. The molecule has 2 aliphatic rings. The summed E-state index contributed by atoms with van der Waals surface area (Å²) >= 11 is 0. The first kappa shape index (κ1) is 20.2. The van der Waals surface area contributed by atoms with E-state index < -0.39 is 0 Å². The minimum absolute atomic E-state index is 0.507. The topological polar surface area (TPSA) is 34.1 Å². The SMILES string of the molecule is CN=C(NCCCN1CCN(C)CC1c1ccccc1)N1CCC(C)CC1. The molecule has 150 valence electrons. The van der Waals surface area contributed by atoms with Gasteiger partial charge in [-0.25, -0.2) is 0 Å². The van der Waals surface area contributed by atoms with Gasteiger partial charge in [0.25, 0.3) is 0 Å². The van der Waals surface area contributed by atoms with Crippen LogP contribution in [0.4, 0.5) is 0 Å². The molecule has 0 aromatic heterocycles. The van der Waals surface area contributed by atoms with Gasteiger partial charge in [-0.2, -0.15) is 0 Å². The molecule has 3 rings (SSSR count). The van der Waals surface area contributed by atoms with Gasteiger partial charge in [0.1, 0.15) is 0 Å². The maximum atomic E-state index is 4.50. The fraction of sp³-hybridized carbons (Fsp3) is 0.682. The number of likely N-dealkylation sites (N-methyl/N-ethyl adjacent to an activating group) is 1. The van der Waals surface area contributed by atoms with Crippen molar-refractivity contribution in [3.05, 3.63) is 35.9 Å². The molecule has 0 amide bonds. The number of rotatable bonds is 5. The second-order valence-electron chi connectivity index (χ2n) is 8.22. The van der Waals surface area contributed by atoms with Crippen molar-refractivity contribution < 1.29 is 0 Å². The molecular formula is C22H37N5. The van der Waals surface area contributed by atoms with E-state index in [0.717, 1.165) is 64.1 Å². The molecule has 5 nitrogen and oxygen atoms in total. The summed E-state index contributed by atoms with van der Waals surface area (Å²) in [5, 5.41) is 3.60. The highest BCUT2D eigenvalue weighted by Crippen LogP contribution is 2.24. The Labute approximate surface area is 165 Å². The van der Waals surface area contributed by atoms with Gasteiger partial charge in [-0.05, 0) is 37.8 Å². The van der Waals surface area contributed by atoms with Gasteiger partial charge in [-0.15, -0.1) is 0 Å². The van der Waals surface area contributed by atoms with Crippen LogP contribution in [0.25, 0.3) is 0 Å². The van der Waals surface area contributed by atoms with E-state index in [1.807, 2.05) is 7.05 Å². The Morgan fingerprint density at radius 1 is 1.11 bits per heavy atom. The number of piperidine rings is 1. The molecule has 2 fully saturated rings. The molecular weight excluding hydrogens is 334 g/mol. The molecule has 1 aromatic rings. The van der Waals surface area contributed by atoms with Crippen LogP contribution in [0, 0.1) is 5.92 Å². The van der Waals surface area contributed by atoms with Crippen LogP contribution in [0.2, 0.25) is 0 Å². The van der Waals surface area contributed by atoms with E-state index >= 15 is 0 Å². The molecule has 2 saturated heterocycles. The number of hydrogen-bond acceptors (Lipinski definition) is 3. The molecule has 1 unspecified atom stereocenters. The lowest BCUT2D eigenvalue weighted by molar-refractivity contribution is 0.0890. The molecule has 2 heterocycles. The fourth-order valence-electron chi connectivity index (χ4n) is 4.25. The quantitative estimate of drug-likeness (QED) is 0.490. The average molecular weight is 372 g/mol. The molecule has 0 aliphatic carbocycles. The average Bonchev–Trinajstić information content (AvgIpc) is 2.70. The van der Waals surface area contributed by atoms with Crippen LogP contribution in [0.5, 0.6) is 0 Å². The van der Waals surface area contributed by atoms with E-state index in [9.17, 15) is 0 Å². The Morgan fingerprint density at radius 3 is 2.56 bits per heavy atom. The minimum Gasteiger partial charge on any atom is -0.356 e. The number of aliphatic imine (C=N–C) groups is 1. The number of guanidine groups is 1. The lowest BCUT2D eigenvalue weighted by atomic mass is 10.00. The van der Waals surface area contributed by atoms with Gasteiger partial charge in [-0.3, -0.25) is 9.89 Å². The van der Waals surface area contributed by atoms with Crippen molar-refractivity contribution in [2.45, 2.75) is 32.2 Å². The maximum Gasteiger partial charge on any atom is 0.193 e. The van der Waals surface area contributed by atoms with Crippen LogP contribution in [0.1, 0.15) is 37.8 Å². The van der Waals surface area contributed by atoms with E-state index in [2.05, 4.69) is 69.3 Å². The van der Waals surface area contributed by atoms with Crippen molar-refractivity contribution in [3.8, 4) is 0 Å². The second-order valence-corrected chi connectivity index (χ2v) is 8.22. The number of nitrogens with zero attached hydrogens (tertiary/aromatic N) is 4. The predicted molar refractivity (Wildman–Crippen MR) is 114 cm³/mol. The first-order valence-corrected chi connectivity index (χ1v) is 10.6. The number of likely N-dealkylation sites (tertiary alicyclic amines) is 1. The van der Waals surface area contributed by atoms with Crippen molar-refractivity contribution in [1.29, 1.82) is 0 Å². The molecule has 1 aromatic carbocycles. The third kappa shape index (κ3) is 5.69. The molecule has 0 spiro atoms. The van der Waals surface area contributed by atoms with Crippen molar-refractivity contribution in [2.24, 2.45) is 10.9 Å². The first-order valence-electron chi connectivity index (χ1n) is 10.6. The molecule has 0 radical (unpaired) electrons. The van der Waals surface area contributed by atoms with E-state index in [0.29, 0.717) is 6.04 Å². The molecule has 1 N–H and O–H groups in total. The highest BCUT2D eigenvalue weighted by Gasteiger charge is 2.26. The van der Waals surface area contributed by atoms with Gasteiger partial charge in [0.2, 0.25) is 0 Å². The molecule has 1 atom stereocenters. The fourth-order valence-corrected chi connectivity index (χ4v) is 4.25. The predicted octanol–water partition coefficient (Wildman–Crippen LogP) is 2.67. The number of hydrogen-bond donors (Lipinski definition) is 1. The lowest BCUT2D eigenvalue weighted by Crippen LogP contribution is -2.48. The van der Waals surface area contributed by atoms with Gasteiger partial charge in [0.15, 0.2) is 5.96 Å². The van der Waals surface area contributed by atoms with E-state index in [4.69, 9.17) is 0 Å². The zero-order valence-corrected chi connectivity index (χ0v) is 17.4. The summed E-state index contributed by atoms with van der Waals surface area (Å²) in [7, 11) is 4.14. The standard InChI is InChI=1S/C22H37N5/c1-19-10-14-27(15-11-19)22(23-2)24-12-7-13-26-17-16-25(3)18-21(26)20-8-5-4-6-9-20/h4-6,8-9,19,21H,7,10-18H2,1-3H3,(H,23,24). The number of benzene rings is 1. The molecule has 0 saturated carbocycles. The van der Waals surface area contributed by atoms with Gasteiger partial charge >= 0.3 is 0 Å². The summed E-state index contributed by atoms with van der Waals surface area (Å²) in [5.41, 5.74) is 1.44. The third-order valence-corrected chi connectivity index (χ3v) is 6.08. The van der Waals surface area contributed by atoms with Crippen LogP contribution >= 0.6 is 0 Å². The Kier molecular flexibility index (Phi) is 7.53. The van der Waals surface area contributed by atoms with Crippen LogP contribution in [0.15, 0.2) is 35.3 Å². The summed E-state index contributed by atoms with van der Waals surface area (Å²) in [4.78, 5) is 12.0. The highest BCUT2D eigenvalue weighted by atomic mass is 15.3. The first-order chi connectivity index (χ1) is 13.2. The summed E-state index contributed by atoms with van der Waals surface area (Å²) < 4.78 is 0.